The summed E-state index contributed by atoms with van der Waals surface area (Å²) in [6.45, 7) is 2.19. The normalized spacial score (nSPS) is 28.2. The van der Waals surface area contributed by atoms with Crippen molar-refractivity contribution in [2.45, 2.75) is 38.1 Å². The summed E-state index contributed by atoms with van der Waals surface area (Å²) >= 11 is 1.88. The van der Waals surface area contributed by atoms with Gasteiger partial charge in [-0.3, -0.25) is 0 Å². The van der Waals surface area contributed by atoms with E-state index >= 15 is 0 Å². The van der Waals surface area contributed by atoms with Gasteiger partial charge in [0, 0.05) is 16.8 Å². The summed E-state index contributed by atoms with van der Waals surface area (Å²) in [6.07, 6.45) is 4.09. The van der Waals surface area contributed by atoms with Gasteiger partial charge < -0.3 is 5.32 Å². The summed E-state index contributed by atoms with van der Waals surface area (Å²) in [5.41, 5.74) is 1.55. The van der Waals surface area contributed by atoms with Crippen LogP contribution in [0.1, 0.15) is 35.6 Å². The van der Waals surface area contributed by atoms with E-state index in [2.05, 4.69) is 30.7 Å². The summed E-state index contributed by atoms with van der Waals surface area (Å²) in [7, 11) is 2.09. The Morgan fingerprint density at radius 1 is 1.46 bits per heavy atom. The van der Waals surface area contributed by atoms with Gasteiger partial charge in [-0.05, 0) is 43.8 Å². The summed E-state index contributed by atoms with van der Waals surface area (Å²) in [5.74, 6) is 0.773. The van der Waals surface area contributed by atoms with Gasteiger partial charge in [0.1, 0.15) is 0 Å². The SMILES string of the molecule is CNC1CCCC1c1csc(C)c1. The van der Waals surface area contributed by atoms with Crippen molar-refractivity contribution in [2.24, 2.45) is 0 Å². The first-order valence-corrected chi connectivity index (χ1v) is 5.91. The van der Waals surface area contributed by atoms with Crippen LogP contribution in [0.25, 0.3) is 0 Å². The van der Waals surface area contributed by atoms with Crippen molar-refractivity contribution in [1.82, 2.24) is 5.32 Å². The van der Waals surface area contributed by atoms with E-state index in [1.54, 1.807) is 5.56 Å². The van der Waals surface area contributed by atoms with Crippen LogP contribution in [0.2, 0.25) is 0 Å². The van der Waals surface area contributed by atoms with Crippen molar-refractivity contribution in [3.63, 3.8) is 0 Å². The fraction of sp³-hybridized carbons (Fsp3) is 0.636. The molecule has 2 atom stereocenters. The molecule has 2 rings (SSSR count). The van der Waals surface area contributed by atoms with Gasteiger partial charge in [0.15, 0.2) is 0 Å². The minimum absolute atomic E-state index is 0.717. The molecule has 0 radical (unpaired) electrons. The van der Waals surface area contributed by atoms with Crippen LogP contribution in [-0.2, 0) is 0 Å². The highest BCUT2D eigenvalue weighted by Gasteiger charge is 2.27. The van der Waals surface area contributed by atoms with Gasteiger partial charge >= 0.3 is 0 Å². The average Bonchev–Trinajstić information content (AvgIpc) is 2.71. The largest absolute Gasteiger partial charge is 0.316 e. The number of hydrogen-bond acceptors (Lipinski definition) is 2. The third-order valence-electron chi connectivity index (χ3n) is 3.07. The van der Waals surface area contributed by atoms with E-state index in [0.29, 0.717) is 6.04 Å². The van der Waals surface area contributed by atoms with Crippen molar-refractivity contribution < 1.29 is 0 Å². The topological polar surface area (TPSA) is 12.0 Å². The monoisotopic (exact) mass is 195 g/mol. The molecule has 1 aromatic heterocycles. The Bertz CT molecular complexity index is 279. The Morgan fingerprint density at radius 2 is 2.31 bits per heavy atom. The average molecular weight is 195 g/mol. The molecular formula is C11H17NS. The summed E-state index contributed by atoms with van der Waals surface area (Å²) < 4.78 is 0. The highest BCUT2D eigenvalue weighted by Crippen LogP contribution is 2.36. The van der Waals surface area contributed by atoms with Crippen LogP contribution < -0.4 is 5.32 Å². The third kappa shape index (κ3) is 1.79. The fourth-order valence-electron chi connectivity index (χ4n) is 2.36. The number of likely N-dealkylation sites (N-methyl/N-ethyl adjacent to an activating group) is 1. The van der Waals surface area contributed by atoms with Crippen molar-refractivity contribution in [3.8, 4) is 0 Å². The van der Waals surface area contributed by atoms with E-state index in [4.69, 9.17) is 0 Å². The van der Waals surface area contributed by atoms with Gasteiger partial charge in [-0.2, -0.15) is 0 Å². The molecule has 0 bridgehead atoms. The molecule has 2 heteroatoms. The highest BCUT2D eigenvalue weighted by molar-refractivity contribution is 7.10. The van der Waals surface area contributed by atoms with Crippen LogP contribution in [0.3, 0.4) is 0 Å². The number of nitrogens with one attached hydrogen (secondary N) is 1. The van der Waals surface area contributed by atoms with E-state index in [0.717, 1.165) is 5.92 Å². The maximum Gasteiger partial charge on any atom is 0.0133 e. The van der Waals surface area contributed by atoms with Crippen molar-refractivity contribution >= 4 is 11.3 Å². The second-order valence-electron chi connectivity index (χ2n) is 3.92. The molecule has 1 heterocycles. The van der Waals surface area contributed by atoms with Crippen LogP contribution in [0.4, 0.5) is 0 Å². The smallest absolute Gasteiger partial charge is 0.0133 e. The zero-order valence-corrected chi connectivity index (χ0v) is 9.16. The van der Waals surface area contributed by atoms with Crippen LogP contribution in [0.15, 0.2) is 11.4 Å². The molecule has 13 heavy (non-hydrogen) atoms. The Balaban J connectivity index is 2.15. The number of hydrogen-bond donors (Lipinski definition) is 1. The molecule has 2 unspecified atom stereocenters. The molecule has 1 nitrogen and oxygen atoms in total. The first-order valence-electron chi connectivity index (χ1n) is 5.03. The van der Waals surface area contributed by atoms with Gasteiger partial charge in [-0.15, -0.1) is 11.3 Å². The number of aryl methyl sites for hydroxylation is 1. The standard InChI is InChI=1S/C11H17NS/c1-8-6-9(7-13-8)10-4-3-5-11(10)12-2/h6-7,10-12H,3-5H2,1-2H3. The van der Waals surface area contributed by atoms with Crippen molar-refractivity contribution in [3.05, 3.63) is 21.9 Å². The molecule has 0 saturated heterocycles. The predicted molar refractivity (Wildman–Crippen MR) is 58.5 cm³/mol. The molecule has 0 aromatic carbocycles. The zero-order valence-electron chi connectivity index (χ0n) is 8.34. The fourth-order valence-corrected chi connectivity index (χ4v) is 3.13. The molecule has 1 aromatic rings. The van der Waals surface area contributed by atoms with Crippen LogP contribution in [0.5, 0.6) is 0 Å². The van der Waals surface area contributed by atoms with Crippen molar-refractivity contribution in [2.75, 3.05) is 7.05 Å². The Morgan fingerprint density at radius 3 is 2.92 bits per heavy atom. The first-order chi connectivity index (χ1) is 6.31. The molecule has 0 aliphatic heterocycles. The van der Waals surface area contributed by atoms with E-state index < -0.39 is 0 Å². The summed E-state index contributed by atoms with van der Waals surface area (Å²) in [4.78, 5) is 1.44. The number of thiophene rings is 1. The Kier molecular flexibility index (Phi) is 2.70. The van der Waals surface area contributed by atoms with E-state index in [-0.39, 0.29) is 0 Å². The van der Waals surface area contributed by atoms with Crippen LogP contribution >= 0.6 is 11.3 Å². The first kappa shape index (κ1) is 9.22. The van der Waals surface area contributed by atoms with Crippen LogP contribution in [0, 0.1) is 6.92 Å². The molecule has 0 amide bonds. The molecule has 72 valence electrons. The van der Waals surface area contributed by atoms with Gasteiger partial charge in [-0.25, -0.2) is 0 Å². The Hall–Kier alpha value is -0.340. The third-order valence-corrected chi connectivity index (χ3v) is 3.95. The van der Waals surface area contributed by atoms with Crippen molar-refractivity contribution in [1.29, 1.82) is 0 Å². The molecule has 1 saturated carbocycles. The predicted octanol–water partition coefficient (Wildman–Crippen LogP) is 2.91. The lowest BCUT2D eigenvalue weighted by Crippen LogP contribution is -2.27. The van der Waals surface area contributed by atoms with Gasteiger partial charge in [0.25, 0.3) is 0 Å². The van der Waals surface area contributed by atoms with Gasteiger partial charge in [-0.1, -0.05) is 6.42 Å². The van der Waals surface area contributed by atoms with Gasteiger partial charge in [0.05, 0.1) is 0 Å². The molecule has 1 fully saturated rings. The summed E-state index contributed by atoms with van der Waals surface area (Å²) in [5, 5.41) is 5.76. The summed E-state index contributed by atoms with van der Waals surface area (Å²) in [6, 6.07) is 3.07. The lowest BCUT2D eigenvalue weighted by molar-refractivity contribution is 0.523. The maximum atomic E-state index is 3.43. The zero-order chi connectivity index (χ0) is 9.26. The molecule has 1 aliphatic rings. The Labute approximate surface area is 84.2 Å². The molecule has 1 N–H and O–H groups in total. The van der Waals surface area contributed by atoms with Gasteiger partial charge in [0.2, 0.25) is 0 Å². The quantitative estimate of drug-likeness (QED) is 0.765. The van der Waals surface area contributed by atoms with E-state index in [1.807, 2.05) is 11.3 Å². The lowest BCUT2D eigenvalue weighted by atomic mass is 9.96. The second kappa shape index (κ2) is 3.81. The lowest BCUT2D eigenvalue weighted by Gasteiger charge is -2.17. The maximum absolute atomic E-state index is 3.43. The minimum atomic E-state index is 0.717. The molecular weight excluding hydrogens is 178 g/mol. The highest BCUT2D eigenvalue weighted by atomic mass is 32.1. The second-order valence-corrected chi connectivity index (χ2v) is 5.04. The van der Waals surface area contributed by atoms with Crippen LogP contribution in [-0.4, -0.2) is 13.1 Å². The van der Waals surface area contributed by atoms with E-state index in [1.165, 1.54) is 24.1 Å². The number of rotatable bonds is 2. The van der Waals surface area contributed by atoms with E-state index in [9.17, 15) is 0 Å². The molecule has 1 aliphatic carbocycles. The molecule has 0 spiro atoms. The minimum Gasteiger partial charge on any atom is -0.316 e.